The van der Waals surface area contributed by atoms with Gasteiger partial charge in [-0.15, -0.1) is 0 Å². The lowest BCUT2D eigenvalue weighted by Gasteiger charge is -2.41. The lowest BCUT2D eigenvalue weighted by Crippen LogP contribution is -2.46. The standard InChI is InChI=1S/C20H26N2O3/c1-21-18(23)16-12-20(17-5-3-2-4-15(16)17)7-9-22(10-8-20)19(24)14-6-11-25-13-14/h2-5,14,16H,6-13H2,1H3,(H,21,23)/t14-,16+/m1/s1. The van der Waals surface area contributed by atoms with Crippen LogP contribution in [0.1, 0.15) is 42.7 Å². The Labute approximate surface area is 148 Å². The molecule has 0 radical (unpaired) electrons. The second-order valence-electron chi connectivity index (χ2n) is 7.62. The molecule has 2 heterocycles. The highest BCUT2D eigenvalue weighted by atomic mass is 16.5. The van der Waals surface area contributed by atoms with E-state index in [1.807, 2.05) is 11.0 Å². The number of carbonyl (C=O) groups is 2. The first-order valence-corrected chi connectivity index (χ1v) is 9.32. The Bertz CT molecular complexity index is 673. The van der Waals surface area contributed by atoms with Gasteiger partial charge < -0.3 is 15.0 Å². The van der Waals surface area contributed by atoms with Crippen molar-refractivity contribution in [1.82, 2.24) is 10.2 Å². The van der Waals surface area contributed by atoms with Crippen molar-refractivity contribution in [2.45, 2.75) is 37.0 Å². The van der Waals surface area contributed by atoms with Crippen molar-refractivity contribution in [3.63, 3.8) is 0 Å². The molecule has 0 saturated carbocycles. The number of nitrogens with zero attached hydrogens (tertiary/aromatic N) is 1. The zero-order valence-corrected chi connectivity index (χ0v) is 14.8. The van der Waals surface area contributed by atoms with E-state index in [-0.39, 0.29) is 29.1 Å². The number of amides is 2. The number of hydrogen-bond acceptors (Lipinski definition) is 3. The molecular weight excluding hydrogens is 316 g/mol. The van der Waals surface area contributed by atoms with Gasteiger partial charge in [-0.3, -0.25) is 9.59 Å². The molecule has 1 aromatic carbocycles. The largest absolute Gasteiger partial charge is 0.381 e. The van der Waals surface area contributed by atoms with E-state index in [2.05, 4.69) is 23.5 Å². The number of piperidine rings is 1. The quantitative estimate of drug-likeness (QED) is 0.892. The molecule has 25 heavy (non-hydrogen) atoms. The smallest absolute Gasteiger partial charge is 0.228 e. The minimum Gasteiger partial charge on any atom is -0.381 e. The van der Waals surface area contributed by atoms with Crippen molar-refractivity contribution in [1.29, 1.82) is 0 Å². The first-order valence-electron chi connectivity index (χ1n) is 9.32. The van der Waals surface area contributed by atoms with E-state index >= 15 is 0 Å². The summed E-state index contributed by atoms with van der Waals surface area (Å²) in [6.07, 6.45) is 3.59. The molecule has 0 unspecified atom stereocenters. The molecule has 0 bridgehead atoms. The molecule has 134 valence electrons. The van der Waals surface area contributed by atoms with Crippen molar-refractivity contribution in [3.8, 4) is 0 Å². The second-order valence-corrected chi connectivity index (χ2v) is 7.62. The molecular formula is C20H26N2O3. The first-order chi connectivity index (χ1) is 12.1. The molecule has 1 spiro atoms. The average Bonchev–Trinajstić information content (AvgIpc) is 3.29. The zero-order valence-electron chi connectivity index (χ0n) is 14.8. The van der Waals surface area contributed by atoms with Crippen LogP contribution >= 0.6 is 0 Å². The molecule has 1 aliphatic carbocycles. The van der Waals surface area contributed by atoms with Crippen molar-refractivity contribution in [2.75, 3.05) is 33.4 Å². The molecule has 2 amide bonds. The number of likely N-dealkylation sites (tertiary alicyclic amines) is 1. The third-order valence-electron chi connectivity index (χ3n) is 6.38. The number of nitrogens with one attached hydrogen (secondary N) is 1. The van der Waals surface area contributed by atoms with E-state index in [0.29, 0.717) is 13.2 Å². The van der Waals surface area contributed by atoms with E-state index in [1.54, 1.807) is 7.05 Å². The highest BCUT2D eigenvalue weighted by Gasteiger charge is 2.48. The molecule has 2 aliphatic heterocycles. The van der Waals surface area contributed by atoms with Gasteiger partial charge in [0, 0.05) is 32.2 Å². The summed E-state index contributed by atoms with van der Waals surface area (Å²) in [4.78, 5) is 27.0. The zero-order chi connectivity index (χ0) is 17.4. The van der Waals surface area contributed by atoms with Crippen LogP contribution in [0.15, 0.2) is 24.3 Å². The highest BCUT2D eigenvalue weighted by Crippen LogP contribution is 2.51. The minimum absolute atomic E-state index is 0.0384. The van der Waals surface area contributed by atoms with Gasteiger partial charge in [0.2, 0.25) is 11.8 Å². The summed E-state index contributed by atoms with van der Waals surface area (Å²) in [6, 6.07) is 8.37. The van der Waals surface area contributed by atoms with Gasteiger partial charge >= 0.3 is 0 Å². The highest BCUT2D eigenvalue weighted by molar-refractivity contribution is 5.85. The number of fused-ring (bicyclic) bond motifs is 2. The summed E-state index contributed by atoms with van der Waals surface area (Å²) in [5.74, 6) is 0.336. The predicted octanol–water partition coefficient (Wildman–Crippen LogP) is 1.82. The third kappa shape index (κ3) is 2.74. The van der Waals surface area contributed by atoms with Gasteiger partial charge in [-0.05, 0) is 36.8 Å². The van der Waals surface area contributed by atoms with Crippen molar-refractivity contribution in [3.05, 3.63) is 35.4 Å². The normalized spacial score (nSPS) is 27.3. The van der Waals surface area contributed by atoms with Gasteiger partial charge in [0.15, 0.2) is 0 Å². The summed E-state index contributed by atoms with van der Waals surface area (Å²) in [6.45, 7) is 2.84. The van der Waals surface area contributed by atoms with Crippen LogP contribution in [0, 0.1) is 5.92 Å². The van der Waals surface area contributed by atoms with Crippen molar-refractivity contribution < 1.29 is 14.3 Å². The number of rotatable bonds is 2. The molecule has 2 saturated heterocycles. The number of ether oxygens (including phenoxy) is 1. The van der Waals surface area contributed by atoms with Gasteiger partial charge in [0.05, 0.1) is 18.4 Å². The van der Waals surface area contributed by atoms with E-state index in [9.17, 15) is 9.59 Å². The van der Waals surface area contributed by atoms with Gasteiger partial charge in [-0.25, -0.2) is 0 Å². The molecule has 2 atom stereocenters. The lowest BCUT2D eigenvalue weighted by atomic mass is 9.73. The molecule has 0 aromatic heterocycles. The second kappa shape index (κ2) is 6.45. The number of hydrogen-bond donors (Lipinski definition) is 1. The molecule has 5 heteroatoms. The Hall–Kier alpha value is -1.88. The maximum Gasteiger partial charge on any atom is 0.228 e. The van der Waals surface area contributed by atoms with Gasteiger partial charge in [0.25, 0.3) is 0 Å². The van der Waals surface area contributed by atoms with Crippen LogP contribution in [0.3, 0.4) is 0 Å². The summed E-state index contributed by atoms with van der Waals surface area (Å²) in [5, 5.41) is 2.82. The van der Waals surface area contributed by atoms with Crippen molar-refractivity contribution in [2.24, 2.45) is 5.92 Å². The summed E-state index contributed by atoms with van der Waals surface area (Å²) < 4.78 is 5.37. The van der Waals surface area contributed by atoms with E-state index < -0.39 is 0 Å². The average molecular weight is 342 g/mol. The van der Waals surface area contributed by atoms with Crippen LogP contribution in [-0.2, 0) is 19.7 Å². The fourth-order valence-corrected chi connectivity index (χ4v) is 4.92. The fourth-order valence-electron chi connectivity index (χ4n) is 4.92. The molecule has 1 aromatic rings. The summed E-state index contributed by atoms with van der Waals surface area (Å²) in [7, 11) is 1.71. The maximum absolute atomic E-state index is 12.6. The van der Waals surface area contributed by atoms with Gasteiger partial charge in [-0.1, -0.05) is 24.3 Å². The van der Waals surface area contributed by atoms with Crippen LogP contribution < -0.4 is 5.32 Å². The van der Waals surface area contributed by atoms with Crippen LogP contribution in [0.5, 0.6) is 0 Å². The monoisotopic (exact) mass is 342 g/mol. The van der Waals surface area contributed by atoms with E-state index in [1.165, 1.54) is 11.1 Å². The van der Waals surface area contributed by atoms with Gasteiger partial charge in [-0.2, -0.15) is 0 Å². The number of benzene rings is 1. The van der Waals surface area contributed by atoms with E-state index in [0.717, 1.165) is 38.8 Å². The Kier molecular flexibility index (Phi) is 4.28. The Morgan fingerprint density at radius 1 is 1.24 bits per heavy atom. The summed E-state index contributed by atoms with van der Waals surface area (Å²) >= 11 is 0. The van der Waals surface area contributed by atoms with Crippen molar-refractivity contribution >= 4 is 11.8 Å². The Morgan fingerprint density at radius 2 is 2.00 bits per heavy atom. The fraction of sp³-hybridized carbons (Fsp3) is 0.600. The first kappa shape index (κ1) is 16.6. The topological polar surface area (TPSA) is 58.6 Å². The van der Waals surface area contributed by atoms with Crippen LogP contribution in [-0.4, -0.2) is 50.1 Å². The maximum atomic E-state index is 12.6. The SMILES string of the molecule is CNC(=O)[C@H]1CC2(CCN(C(=O)[C@@H]3CCOC3)CC2)c2ccccc21. The summed E-state index contributed by atoms with van der Waals surface area (Å²) in [5.41, 5.74) is 2.53. The number of likely N-dealkylation sites (N-methyl/N-ethyl adjacent to an activating group) is 1. The molecule has 4 rings (SSSR count). The Balaban J connectivity index is 1.52. The van der Waals surface area contributed by atoms with Crippen LogP contribution in [0.4, 0.5) is 0 Å². The Morgan fingerprint density at radius 3 is 2.68 bits per heavy atom. The predicted molar refractivity (Wildman–Crippen MR) is 94.3 cm³/mol. The molecule has 3 aliphatic rings. The lowest BCUT2D eigenvalue weighted by molar-refractivity contribution is -0.137. The molecule has 2 fully saturated rings. The molecule has 1 N–H and O–H groups in total. The van der Waals surface area contributed by atoms with Crippen LogP contribution in [0.2, 0.25) is 0 Å². The van der Waals surface area contributed by atoms with Crippen LogP contribution in [0.25, 0.3) is 0 Å². The van der Waals surface area contributed by atoms with Gasteiger partial charge in [0.1, 0.15) is 0 Å². The third-order valence-corrected chi connectivity index (χ3v) is 6.38. The minimum atomic E-state index is -0.0633. The molecule has 5 nitrogen and oxygen atoms in total. The number of carbonyl (C=O) groups excluding carboxylic acids is 2. The van der Waals surface area contributed by atoms with E-state index in [4.69, 9.17) is 4.74 Å².